The van der Waals surface area contributed by atoms with Crippen LogP contribution in [0.3, 0.4) is 0 Å². The first-order valence-corrected chi connectivity index (χ1v) is 8.73. The van der Waals surface area contributed by atoms with Crippen LogP contribution in [0.4, 0.5) is 0 Å². The maximum Gasteiger partial charge on any atom is 0.270 e. The van der Waals surface area contributed by atoms with Gasteiger partial charge in [-0.25, -0.2) is 13.6 Å². The Morgan fingerprint density at radius 1 is 1.43 bits per heavy atom. The molecule has 1 unspecified atom stereocenters. The van der Waals surface area contributed by atoms with Crippen molar-refractivity contribution < 1.29 is 13.2 Å². The molecule has 1 aromatic rings. The van der Waals surface area contributed by atoms with Gasteiger partial charge in [-0.3, -0.25) is 4.79 Å². The number of primary sulfonamides is 1. The minimum atomic E-state index is -3.80. The van der Waals surface area contributed by atoms with Crippen LogP contribution >= 0.6 is 0 Å². The lowest BCUT2D eigenvalue weighted by molar-refractivity contribution is 0.0764. The van der Waals surface area contributed by atoms with E-state index in [9.17, 15) is 13.2 Å². The van der Waals surface area contributed by atoms with Crippen molar-refractivity contribution in [2.24, 2.45) is 11.1 Å². The molecule has 1 atom stereocenters. The van der Waals surface area contributed by atoms with Gasteiger partial charge in [0.1, 0.15) is 10.6 Å². The van der Waals surface area contributed by atoms with Crippen LogP contribution in [-0.4, -0.2) is 37.4 Å². The summed E-state index contributed by atoms with van der Waals surface area (Å²) in [6.45, 7) is 7.32. The van der Waals surface area contributed by atoms with E-state index < -0.39 is 10.0 Å². The lowest BCUT2D eigenvalue weighted by atomic mass is 10.1. The topological polar surface area (TPSA) is 85.4 Å². The van der Waals surface area contributed by atoms with Crippen molar-refractivity contribution in [3.63, 3.8) is 0 Å². The number of aromatic nitrogens is 1. The summed E-state index contributed by atoms with van der Waals surface area (Å²) in [7, 11) is -2.07. The van der Waals surface area contributed by atoms with E-state index in [2.05, 4.69) is 13.8 Å². The second-order valence-electron chi connectivity index (χ2n) is 5.50. The van der Waals surface area contributed by atoms with Gasteiger partial charge in [-0.15, -0.1) is 0 Å². The highest BCUT2D eigenvalue weighted by Gasteiger charge is 2.21. The van der Waals surface area contributed by atoms with Crippen LogP contribution in [0.5, 0.6) is 0 Å². The van der Waals surface area contributed by atoms with E-state index >= 15 is 0 Å². The molecule has 120 valence electrons. The number of hydrogen-bond donors (Lipinski definition) is 1. The Hall–Kier alpha value is -1.34. The minimum absolute atomic E-state index is 0.0174. The van der Waals surface area contributed by atoms with Gasteiger partial charge < -0.3 is 9.47 Å². The molecule has 1 rings (SSSR count). The SMILES string of the molecule is CCCn1cc(S(N)(=O)=O)cc1C(=O)N(C)CC(C)CC. The van der Waals surface area contributed by atoms with E-state index in [0.717, 1.165) is 12.8 Å². The zero-order valence-electron chi connectivity index (χ0n) is 13.2. The first kappa shape index (κ1) is 17.7. The van der Waals surface area contributed by atoms with Gasteiger partial charge in [0.2, 0.25) is 10.0 Å². The van der Waals surface area contributed by atoms with Crippen LogP contribution in [0, 0.1) is 5.92 Å². The maximum atomic E-state index is 12.5. The van der Waals surface area contributed by atoms with Crippen LogP contribution in [0.25, 0.3) is 0 Å². The lowest BCUT2D eigenvalue weighted by Gasteiger charge is -2.21. The van der Waals surface area contributed by atoms with Crippen molar-refractivity contribution in [2.75, 3.05) is 13.6 Å². The quantitative estimate of drug-likeness (QED) is 0.830. The Kier molecular flexibility index (Phi) is 5.98. The number of sulfonamides is 1. The largest absolute Gasteiger partial charge is 0.342 e. The maximum absolute atomic E-state index is 12.5. The predicted molar refractivity (Wildman–Crippen MR) is 82.5 cm³/mol. The van der Waals surface area contributed by atoms with Crippen molar-refractivity contribution in [2.45, 2.75) is 45.1 Å². The van der Waals surface area contributed by atoms with Crippen molar-refractivity contribution in [1.82, 2.24) is 9.47 Å². The third kappa shape index (κ3) is 4.57. The standard InChI is InChI=1S/C14H25N3O3S/c1-5-7-17-10-12(21(15,19)20)8-13(17)14(18)16(4)9-11(3)6-2/h8,10-11H,5-7,9H2,1-4H3,(H2,15,19,20). The van der Waals surface area contributed by atoms with Crippen LogP contribution in [0.15, 0.2) is 17.2 Å². The fourth-order valence-corrected chi connectivity index (χ4v) is 2.67. The first-order chi connectivity index (χ1) is 9.70. The van der Waals surface area contributed by atoms with Crippen molar-refractivity contribution >= 4 is 15.9 Å². The normalized spacial score (nSPS) is 13.2. The average Bonchev–Trinajstić information content (AvgIpc) is 2.82. The Balaban J connectivity index is 3.10. The summed E-state index contributed by atoms with van der Waals surface area (Å²) in [5.41, 5.74) is 0.367. The molecule has 6 nitrogen and oxygen atoms in total. The molecule has 0 saturated carbocycles. The van der Waals surface area contributed by atoms with E-state index in [1.807, 2.05) is 6.92 Å². The number of carbonyl (C=O) groups is 1. The first-order valence-electron chi connectivity index (χ1n) is 7.19. The van der Waals surface area contributed by atoms with Crippen LogP contribution < -0.4 is 5.14 Å². The molecular weight excluding hydrogens is 290 g/mol. The number of nitrogens with zero attached hydrogens (tertiary/aromatic N) is 2. The van der Waals surface area contributed by atoms with E-state index in [0.29, 0.717) is 24.7 Å². The molecule has 0 spiro atoms. The Morgan fingerprint density at radius 3 is 2.52 bits per heavy atom. The monoisotopic (exact) mass is 315 g/mol. The fourth-order valence-electron chi connectivity index (χ4n) is 2.12. The number of nitrogens with two attached hydrogens (primary N) is 1. The number of hydrogen-bond acceptors (Lipinski definition) is 3. The Morgan fingerprint density at radius 2 is 2.05 bits per heavy atom. The molecule has 0 bridgehead atoms. The summed E-state index contributed by atoms with van der Waals surface area (Å²) < 4.78 is 24.6. The molecule has 0 aliphatic heterocycles. The summed E-state index contributed by atoms with van der Waals surface area (Å²) in [6.07, 6.45) is 3.22. The molecule has 21 heavy (non-hydrogen) atoms. The second kappa shape index (κ2) is 7.09. The summed E-state index contributed by atoms with van der Waals surface area (Å²) in [6, 6.07) is 1.36. The van der Waals surface area contributed by atoms with Gasteiger partial charge in [-0.2, -0.15) is 0 Å². The van der Waals surface area contributed by atoms with Crippen molar-refractivity contribution in [1.29, 1.82) is 0 Å². The minimum Gasteiger partial charge on any atom is -0.342 e. The molecule has 2 N–H and O–H groups in total. The summed E-state index contributed by atoms with van der Waals surface area (Å²) in [4.78, 5) is 14.1. The summed E-state index contributed by atoms with van der Waals surface area (Å²) in [5.74, 6) is 0.213. The van der Waals surface area contributed by atoms with Gasteiger partial charge in [-0.05, 0) is 18.4 Å². The molecule has 0 fully saturated rings. The van der Waals surface area contributed by atoms with Gasteiger partial charge in [0, 0.05) is 26.3 Å². The van der Waals surface area contributed by atoms with Gasteiger partial charge >= 0.3 is 0 Å². The van der Waals surface area contributed by atoms with Crippen LogP contribution in [0.1, 0.15) is 44.1 Å². The molecule has 0 aliphatic rings. The molecular formula is C14H25N3O3S. The number of rotatable bonds is 7. The highest BCUT2D eigenvalue weighted by atomic mass is 32.2. The van der Waals surface area contributed by atoms with Crippen LogP contribution in [0.2, 0.25) is 0 Å². The molecule has 0 radical (unpaired) electrons. The average molecular weight is 315 g/mol. The number of amides is 1. The van der Waals surface area contributed by atoms with E-state index in [-0.39, 0.29) is 10.8 Å². The van der Waals surface area contributed by atoms with Gasteiger partial charge in [0.05, 0.1) is 0 Å². The highest BCUT2D eigenvalue weighted by molar-refractivity contribution is 7.89. The molecule has 1 aromatic heterocycles. The fraction of sp³-hybridized carbons (Fsp3) is 0.643. The highest BCUT2D eigenvalue weighted by Crippen LogP contribution is 2.16. The smallest absolute Gasteiger partial charge is 0.270 e. The summed E-state index contributed by atoms with van der Waals surface area (Å²) >= 11 is 0. The second-order valence-corrected chi connectivity index (χ2v) is 7.06. The van der Waals surface area contributed by atoms with Gasteiger partial charge in [0.15, 0.2) is 0 Å². The number of aryl methyl sites for hydroxylation is 1. The molecule has 0 aliphatic carbocycles. The van der Waals surface area contributed by atoms with Crippen molar-refractivity contribution in [3.05, 3.63) is 18.0 Å². The Bertz CT molecular complexity index is 593. The summed E-state index contributed by atoms with van der Waals surface area (Å²) in [5, 5.41) is 5.15. The Labute approximate surface area is 127 Å². The van der Waals surface area contributed by atoms with Gasteiger partial charge in [0.25, 0.3) is 5.91 Å². The molecule has 0 saturated heterocycles. The van der Waals surface area contributed by atoms with E-state index in [4.69, 9.17) is 5.14 Å². The van der Waals surface area contributed by atoms with E-state index in [1.165, 1.54) is 12.3 Å². The lowest BCUT2D eigenvalue weighted by Crippen LogP contribution is -2.32. The van der Waals surface area contributed by atoms with E-state index in [1.54, 1.807) is 16.5 Å². The van der Waals surface area contributed by atoms with Gasteiger partial charge in [-0.1, -0.05) is 27.2 Å². The molecule has 7 heteroatoms. The third-order valence-electron chi connectivity index (χ3n) is 3.51. The van der Waals surface area contributed by atoms with Crippen LogP contribution in [-0.2, 0) is 16.6 Å². The molecule has 1 heterocycles. The predicted octanol–water partition coefficient (Wildman–Crippen LogP) is 1.66. The zero-order valence-corrected chi connectivity index (χ0v) is 14.0. The van der Waals surface area contributed by atoms with Crippen molar-refractivity contribution in [3.8, 4) is 0 Å². The zero-order chi connectivity index (χ0) is 16.2. The number of carbonyl (C=O) groups excluding carboxylic acids is 1. The third-order valence-corrected chi connectivity index (χ3v) is 4.39. The molecule has 1 amide bonds. The molecule has 0 aromatic carbocycles.